The lowest BCUT2D eigenvalue weighted by atomic mass is 10.2. The highest BCUT2D eigenvalue weighted by atomic mass is 32.2. The number of nitrogens with one attached hydrogen (secondary N) is 3. The highest BCUT2D eigenvalue weighted by Crippen LogP contribution is 2.30. The number of sulfonamides is 1. The number of carbonyl (C=O) groups excluding carboxylic acids is 2. The molecule has 1 atom stereocenters. The Hall–Kier alpha value is -3.86. The van der Waals surface area contributed by atoms with Gasteiger partial charge in [-0.15, -0.1) is 0 Å². The molecule has 3 N–H and O–H groups in total. The van der Waals surface area contributed by atoms with Crippen molar-refractivity contribution in [2.24, 2.45) is 0 Å². The van der Waals surface area contributed by atoms with E-state index in [1.807, 2.05) is 0 Å². The lowest BCUT2D eigenvalue weighted by Gasteiger charge is -2.16. The molecule has 2 amide bonds. The molecule has 3 aromatic rings. The molecule has 0 aliphatic rings. The second-order valence-electron chi connectivity index (χ2n) is 6.64. The molecule has 9 nitrogen and oxygen atoms in total. The third-order valence-electron chi connectivity index (χ3n) is 4.32. The number of furan rings is 1. The molecule has 1 heterocycles. The molecule has 11 heteroatoms. The summed E-state index contributed by atoms with van der Waals surface area (Å²) >= 11 is 0. The fourth-order valence-corrected chi connectivity index (χ4v) is 3.74. The van der Waals surface area contributed by atoms with Crippen molar-refractivity contribution in [3.05, 3.63) is 72.4 Å². The Kier molecular flexibility index (Phi) is 6.79. The van der Waals surface area contributed by atoms with Gasteiger partial charge in [-0.2, -0.15) is 0 Å². The van der Waals surface area contributed by atoms with E-state index in [-0.39, 0.29) is 27.8 Å². The summed E-state index contributed by atoms with van der Waals surface area (Å²) in [6.07, 6.45) is 1.34. The second kappa shape index (κ2) is 9.52. The largest absolute Gasteiger partial charge is 0.495 e. The average Bonchev–Trinajstić information content (AvgIpc) is 3.29. The van der Waals surface area contributed by atoms with Crippen LogP contribution in [0.1, 0.15) is 17.5 Å². The van der Waals surface area contributed by atoms with E-state index < -0.39 is 33.7 Å². The summed E-state index contributed by atoms with van der Waals surface area (Å²) in [4.78, 5) is 24.3. The minimum absolute atomic E-state index is 0.0573. The van der Waals surface area contributed by atoms with E-state index >= 15 is 0 Å². The number of benzene rings is 2. The van der Waals surface area contributed by atoms with E-state index in [1.165, 1.54) is 44.6 Å². The minimum atomic E-state index is -4.04. The summed E-state index contributed by atoms with van der Waals surface area (Å²) < 4.78 is 50.9. The van der Waals surface area contributed by atoms with Crippen LogP contribution in [0.5, 0.6) is 5.75 Å². The fourth-order valence-electron chi connectivity index (χ4n) is 2.67. The Labute approximate surface area is 183 Å². The zero-order valence-electron chi connectivity index (χ0n) is 17.1. The van der Waals surface area contributed by atoms with Crippen molar-refractivity contribution in [2.45, 2.75) is 17.9 Å². The molecule has 0 bridgehead atoms. The van der Waals surface area contributed by atoms with Crippen LogP contribution >= 0.6 is 0 Å². The Morgan fingerprint density at radius 3 is 2.44 bits per heavy atom. The molecule has 0 aliphatic carbocycles. The molecular weight excluding hydrogens is 441 g/mol. The van der Waals surface area contributed by atoms with E-state index in [0.29, 0.717) is 0 Å². The zero-order valence-corrected chi connectivity index (χ0v) is 17.9. The second-order valence-corrected chi connectivity index (χ2v) is 8.32. The van der Waals surface area contributed by atoms with E-state index in [2.05, 4.69) is 15.4 Å². The standard InChI is InChI=1S/C21H20FN3O6S/c1-13(23-21(27)19-4-3-11-31-19)20(26)24-15-7-10-18(30-2)17(12-15)25-32(28,29)16-8-5-14(22)6-9-16/h3-13,25H,1-2H3,(H,23,27)(H,24,26)/t13-/m0/s1. The average molecular weight is 461 g/mol. The molecule has 0 saturated carbocycles. The van der Waals surface area contributed by atoms with Gasteiger partial charge in [-0.1, -0.05) is 0 Å². The first kappa shape index (κ1) is 22.8. The highest BCUT2D eigenvalue weighted by molar-refractivity contribution is 7.92. The van der Waals surface area contributed by atoms with Crippen molar-refractivity contribution in [1.82, 2.24) is 5.32 Å². The number of amides is 2. The van der Waals surface area contributed by atoms with Crippen LogP contribution < -0.4 is 20.1 Å². The number of carbonyl (C=O) groups is 2. The van der Waals surface area contributed by atoms with E-state index in [4.69, 9.17) is 9.15 Å². The summed E-state index contributed by atoms with van der Waals surface area (Å²) in [5, 5.41) is 5.09. The highest BCUT2D eigenvalue weighted by Gasteiger charge is 2.20. The van der Waals surface area contributed by atoms with Crippen molar-refractivity contribution in [3.8, 4) is 5.75 Å². The van der Waals surface area contributed by atoms with Crippen molar-refractivity contribution in [2.75, 3.05) is 17.1 Å². The molecule has 0 aliphatic heterocycles. The van der Waals surface area contributed by atoms with Crippen LogP contribution in [0.4, 0.5) is 15.8 Å². The maximum absolute atomic E-state index is 13.1. The Bertz CT molecular complexity index is 1210. The molecule has 2 aromatic carbocycles. The monoisotopic (exact) mass is 461 g/mol. The van der Waals surface area contributed by atoms with Gasteiger partial charge in [0.15, 0.2) is 5.76 Å². The first-order chi connectivity index (χ1) is 15.2. The summed E-state index contributed by atoms with van der Waals surface area (Å²) in [6.45, 7) is 1.48. The lowest BCUT2D eigenvalue weighted by Crippen LogP contribution is -2.41. The lowest BCUT2D eigenvalue weighted by molar-refractivity contribution is -0.117. The number of anilines is 2. The van der Waals surface area contributed by atoms with Crippen LogP contribution in [0.3, 0.4) is 0 Å². The first-order valence-corrected chi connectivity index (χ1v) is 10.8. The minimum Gasteiger partial charge on any atom is -0.495 e. The third-order valence-corrected chi connectivity index (χ3v) is 5.70. The topological polar surface area (TPSA) is 127 Å². The summed E-state index contributed by atoms with van der Waals surface area (Å²) in [6, 6.07) is 10.7. The molecule has 3 rings (SSSR count). The van der Waals surface area contributed by atoms with E-state index in [9.17, 15) is 22.4 Å². The number of halogens is 1. The third kappa shape index (κ3) is 5.43. The SMILES string of the molecule is COc1ccc(NC(=O)[C@H](C)NC(=O)c2ccco2)cc1NS(=O)(=O)c1ccc(F)cc1. The van der Waals surface area contributed by atoms with Gasteiger partial charge in [0.2, 0.25) is 5.91 Å². The fraction of sp³-hybridized carbons (Fsp3) is 0.143. The quantitative estimate of drug-likeness (QED) is 0.473. The van der Waals surface area contributed by atoms with Gasteiger partial charge in [0, 0.05) is 5.69 Å². The maximum atomic E-state index is 13.1. The molecule has 0 spiro atoms. The van der Waals surface area contributed by atoms with Gasteiger partial charge in [0.1, 0.15) is 17.6 Å². The van der Waals surface area contributed by atoms with Crippen LogP contribution in [0.15, 0.2) is 70.2 Å². The summed E-state index contributed by atoms with van der Waals surface area (Å²) in [5.74, 6) is -1.40. The maximum Gasteiger partial charge on any atom is 0.287 e. The number of ether oxygens (including phenoxy) is 1. The molecule has 0 saturated heterocycles. The van der Waals surface area contributed by atoms with E-state index in [0.717, 1.165) is 24.3 Å². The van der Waals surface area contributed by atoms with Gasteiger partial charge < -0.3 is 19.8 Å². The van der Waals surface area contributed by atoms with Crippen LogP contribution in [-0.4, -0.2) is 33.4 Å². The smallest absolute Gasteiger partial charge is 0.287 e. The van der Waals surface area contributed by atoms with Gasteiger partial charge in [-0.3, -0.25) is 14.3 Å². The normalized spacial score (nSPS) is 12.0. The number of hydrogen-bond donors (Lipinski definition) is 3. The van der Waals surface area contributed by atoms with Crippen LogP contribution in [-0.2, 0) is 14.8 Å². The van der Waals surface area contributed by atoms with Gasteiger partial charge in [0.25, 0.3) is 15.9 Å². The van der Waals surface area contributed by atoms with Crippen LogP contribution in [0, 0.1) is 5.82 Å². The van der Waals surface area contributed by atoms with Crippen molar-refractivity contribution in [1.29, 1.82) is 0 Å². The van der Waals surface area contributed by atoms with Crippen molar-refractivity contribution < 1.29 is 31.6 Å². The van der Waals surface area contributed by atoms with Gasteiger partial charge in [-0.25, -0.2) is 12.8 Å². The molecule has 0 radical (unpaired) electrons. The Balaban J connectivity index is 1.74. The van der Waals surface area contributed by atoms with Gasteiger partial charge >= 0.3 is 0 Å². The predicted molar refractivity (Wildman–Crippen MR) is 114 cm³/mol. The first-order valence-electron chi connectivity index (χ1n) is 9.31. The predicted octanol–water partition coefficient (Wildman–Crippen LogP) is 2.99. The van der Waals surface area contributed by atoms with Gasteiger partial charge in [0.05, 0.1) is 24.0 Å². The number of rotatable bonds is 8. The molecule has 168 valence electrons. The molecule has 0 fully saturated rings. The number of methoxy groups -OCH3 is 1. The van der Waals surface area contributed by atoms with Crippen molar-refractivity contribution >= 4 is 33.2 Å². The van der Waals surface area contributed by atoms with Crippen molar-refractivity contribution in [3.63, 3.8) is 0 Å². The molecule has 0 unspecified atom stereocenters. The van der Waals surface area contributed by atoms with Crippen LogP contribution in [0.2, 0.25) is 0 Å². The summed E-state index contributed by atoms with van der Waals surface area (Å²) in [5.41, 5.74) is 0.314. The number of hydrogen-bond acceptors (Lipinski definition) is 6. The zero-order chi connectivity index (χ0) is 23.3. The molecular formula is C21H20FN3O6S. The Morgan fingerprint density at radius 1 is 1.09 bits per heavy atom. The summed E-state index contributed by atoms with van der Waals surface area (Å²) in [7, 11) is -2.69. The van der Waals surface area contributed by atoms with Gasteiger partial charge in [-0.05, 0) is 61.5 Å². The molecule has 1 aromatic heterocycles. The Morgan fingerprint density at radius 2 is 1.81 bits per heavy atom. The van der Waals surface area contributed by atoms with Crippen LogP contribution in [0.25, 0.3) is 0 Å². The molecule has 32 heavy (non-hydrogen) atoms. The van der Waals surface area contributed by atoms with E-state index in [1.54, 1.807) is 6.07 Å².